The average Bonchev–Trinajstić information content (AvgIpc) is 2.89. The molecule has 1 fully saturated rings. The summed E-state index contributed by atoms with van der Waals surface area (Å²) in [5, 5.41) is 5.87. The van der Waals surface area contributed by atoms with Gasteiger partial charge < -0.3 is 20.3 Å². The molecule has 2 heterocycles. The van der Waals surface area contributed by atoms with E-state index in [1.165, 1.54) is 0 Å². The first-order valence-electron chi connectivity index (χ1n) is 11.5. The number of rotatable bonds is 8. The molecule has 0 saturated carbocycles. The van der Waals surface area contributed by atoms with Gasteiger partial charge in [0.05, 0.1) is 0 Å². The summed E-state index contributed by atoms with van der Waals surface area (Å²) in [5.74, 6) is 0.422. The van der Waals surface area contributed by atoms with Crippen molar-refractivity contribution < 1.29 is 14.3 Å². The Bertz CT molecular complexity index is 1050. The van der Waals surface area contributed by atoms with Gasteiger partial charge in [0.1, 0.15) is 12.6 Å². The van der Waals surface area contributed by atoms with Crippen molar-refractivity contribution in [2.75, 3.05) is 18.0 Å². The van der Waals surface area contributed by atoms with Gasteiger partial charge in [-0.3, -0.25) is 4.79 Å². The standard InChI is InChI=1S/C26H29N5O3/c32-24(29-22-13-7-16-31(18-22)25-27-14-8-15-28-25)23(17-20-9-3-1-4-10-20)30-26(33)34-19-21-11-5-2-6-12-21/h1-6,8-12,14-15,22-23H,7,13,16-19H2,(H,29,32)(H,30,33). The van der Waals surface area contributed by atoms with Crippen molar-refractivity contribution >= 4 is 17.9 Å². The summed E-state index contributed by atoms with van der Waals surface area (Å²) in [7, 11) is 0. The second kappa shape index (κ2) is 11.8. The molecule has 1 aromatic heterocycles. The van der Waals surface area contributed by atoms with E-state index in [2.05, 4.69) is 25.5 Å². The van der Waals surface area contributed by atoms with Gasteiger partial charge in [-0.25, -0.2) is 14.8 Å². The van der Waals surface area contributed by atoms with Crippen molar-refractivity contribution in [3.05, 3.63) is 90.3 Å². The van der Waals surface area contributed by atoms with Gasteiger partial charge in [0.15, 0.2) is 0 Å². The Morgan fingerprint density at radius 1 is 0.971 bits per heavy atom. The fourth-order valence-electron chi connectivity index (χ4n) is 4.00. The van der Waals surface area contributed by atoms with E-state index in [4.69, 9.17) is 4.74 Å². The third kappa shape index (κ3) is 6.78. The minimum Gasteiger partial charge on any atom is -0.445 e. The second-order valence-electron chi connectivity index (χ2n) is 8.29. The molecular weight excluding hydrogens is 430 g/mol. The summed E-state index contributed by atoms with van der Waals surface area (Å²) in [5.41, 5.74) is 1.83. The lowest BCUT2D eigenvalue weighted by atomic mass is 10.0. The van der Waals surface area contributed by atoms with Gasteiger partial charge in [0, 0.05) is 37.9 Å². The lowest BCUT2D eigenvalue weighted by Gasteiger charge is -2.33. The molecule has 1 aliphatic heterocycles. The Morgan fingerprint density at radius 2 is 1.65 bits per heavy atom. The quantitative estimate of drug-likeness (QED) is 0.537. The van der Waals surface area contributed by atoms with Crippen molar-refractivity contribution in [3.63, 3.8) is 0 Å². The SMILES string of the molecule is O=C(NC(Cc1ccccc1)C(=O)NC1CCCN(c2ncccn2)C1)OCc1ccccc1. The van der Waals surface area contributed by atoms with Crippen LogP contribution in [0.1, 0.15) is 24.0 Å². The molecule has 8 heteroatoms. The summed E-state index contributed by atoms with van der Waals surface area (Å²) in [6.07, 6.45) is 4.94. The molecule has 3 aromatic rings. The molecule has 2 aromatic carbocycles. The van der Waals surface area contributed by atoms with Crippen molar-refractivity contribution in [1.82, 2.24) is 20.6 Å². The zero-order valence-electron chi connectivity index (χ0n) is 19.0. The summed E-state index contributed by atoms with van der Waals surface area (Å²) in [6, 6.07) is 20.0. The Morgan fingerprint density at radius 3 is 2.35 bits per heavy atom. The number of hydrogen-bond donors (Lipinski definition) is 2. The zero-order valence-corrected chi connectivity index (χ0v) is 19.0. The van der Waals surface area contributed by atoms with Crippen molar-refractivity contribution in [2.24, 2.45) is 0 Å². The second-order valence-corrected chi connectivity index (χ2v) is 8.29. The van der Waals surface area contributed by atoms with Crippen molar-refractivity contribution in [2.45, 2.75) is 38.0 Å². The summed E-state index contributed by atoms with van der Waals surface area (Å²) in [4.78, 5) is 36.5. The molecule has 2 unspecified atom stereocenters. The molecule has 1 saturated heterocycles. The fourth-order valence-corrected chi connectivity index (χ4v) is 4.00. The van der Waals surface area contributed by atoms with Gasteiger partial charge in [-0.05, 0) is 30.0 Å². The van der Waals surface area contributed by atoms with Crippen LogP contribution < -0.4 is 15.5 Å². The monoisotopic (exact) mass is 459 g/mol. The highest BCUT2D eigenvalue weighted by Crippen LogP contribution is 2.16. The number of benzene rings is 2. The topological polar surface area (TPSA) is 96.5 Å². The van der Waals surface area contributed by atoms with E-state index in [9.17, 15) is 9.59 Å². The van der Waals surface area contributed by atoms with E-state index in [0.29, 0.717) is 18.9 Å². The molecule has 0 radical (unpaired) electrons. The lowest BCUT2D eigenvalue weighted by molar-refractivity contribution is -0.123. The first-order valence-corrected chi connectivity index (χ1v) is 11.5. The van der Waals surface area contributed by atoms with Gasteiger partial charge in [-0.15, -0.1) is 0 Å². The van der Waals surface area contributed by atoms with Crippen LogP contribution in [0.5, 0.6) is 0 Å². The molecule has 0 aliphatic carbocycles. The maximum Gasteiger partial charge on any atom is 0.408 e. The molecular formula is C26H29N5O3. The van der Waals surface area contributed by atoms with E-state index in [1.807, 2.05) is 60.7 Å². The third-order valence-electron chi connectivity index (χ3n) is 5.71. The Labute approximate surface area is 199 Å². The highest BCUT2D eigenvalue weighted by atomic mass is 16.5. The van der Waals surface area contributed by atoms with Crippen LogP contribution in [0.25, 0.3) is 0 Å². The molecule has 2 N–H and O–H groups in total. The number of ether oxygens (including phenoxy) is 1. The Balaban J connectivity index is 1.38. The van der Waals surface area contributed by atoms with E-state index in [0.717, 1.165) is 30.5 Å². The van der Waals surface area contributed by atoms with E-state index < -0.39 is 12.1 Å². The number of alkyl carbamates (subject to hydrolysis) is 1. The highest BCUT2D eigenvalue weighted by molar-refractivity contribution is 5.86. The number of carbonyl (C=O) groups is 2. The average molecular weight is 460 g/mol. The van der Waals surface area contributed by atoms with Crippen molar-refractivity contribution in [1.29, 1.82) is 0 Å². The third-order valence-corrected chi connectivity index (χ3v) is 5.71. The van der Waals surface area contributed by atoms with Crippen LogP contribution in [0.15, 0.2) is 79.1 Å². The highest BCUT2D eigenvalue weighted by Gasteiger charge is 2.27. The normalized spacial score (nSPS) is 16.4. The molecule has 0 bridgehead atoms. The number of carbonyl (C=O) groups excluding carboxylic acids is 2. The van der Waals surface area contributed by atoms with Crippen LogP contribution in [0.3, 0.4) is 0 Å². The smallest absolute Gasteiger partial charge is 0.408 e. The number of amides is 2. The van der Waals surface area contributed by atoms with Gasteiger partial charge in [-0.1, -0.05) is 60.7 Å². The Kier molecular flexibility index (Phi) is 8.05. The fraction of sp³-hybridized carbons (Fsp3) is 0.308. The van der Waals surface area contributed by atoms with Gasteiger partial charge in [0.2, 0.25) is 11.9 Å². The van der Waals surface area contributed by atoms with Crippen LogP contribution in [0, 0.1) is 0 Å². The minimum atomic E-state index is -0.756. The number of anilines is 1. The van der Waals surface area contributed by atoms with Crippen molar-refractivity contribution in [3.8, 4) is 0 Å². The molecule has 2 amide bonds. The van der Waals surface area contributed by atoms with E-state index >= 15 is 0 Å². The number of piperidine rings is 1. The number of nitrogens with one attached hydrogen (secondary N) is 2. The predicted molar refractivity (Wildman–Crippen MR) is 129 cm³/mol. The number of aromatic nitrogens is 2. The number of nitrogens with zero attached hydrogens (tertiary/aromatic N) is 3. The molecule has 2 atom stereocenters. The molecule has 0 spiro atoms. The van der Waals surface area contributed by atoms with E-state index in [1.54, 1.807) is 18.5 Å². The lowest BCUT2D eigenvalue weighted by Crippen LogP contribution is -2.54. The number of hydrogen-bond acceptors (Lipinski definition) is 6. The van der Waals surface area contributed by atoms with Crippen LogP contribution in [-0.4, -0.2) is 47.1 Å². The first-order chi connectivity index (χ1) is 16.7. The summed E-state index contributed by atoms with van der Waals surface area (Å²) >= 11 is 0. The van der Waals surface area contributed by atoms with Crippen LogP contribution in [0.4, 0.5) is 10.7 Å². The maximum atomic E-state index is 13.2. The molecule has 34 heavy (non-hydrogen) atoms. The van der Waals surface area contributed by atoms with Crippen LogP contribution >= 0.6 is 0 Å². The molecule has 8 nitrogen and oxygen atoms in total. The molecule has 4 rings (SSSR count). The van der Waals surface area contributed by atoms with Gasteiger partial charge >= 0.3 is 6.09 Å². The minimum absolute atomic E-state index is 0.0644. The first kappa shape index (κ1) is 23.2. The molecule has 1 aliphatic rings. The summed E-state index contributed by atoms with van der Waals surface area (Å²) in [6.45, 7) is 1.60. The van der Waals surface area contributed by atoms with Gasteiger partial charge in [-0.2, -0.15) is 0 Å². The largest absolute Gasteiger partial charge is 0.445 e. The zero-order chi connectivity index (χ0) is 23.6. The Hall–Kier alpha value is -3.94. The van der Waals surface area contributed by atoms with Crippen LogP contribution in [-0.2, 0) is 22.6 Å². The van der Waals surface area contributed by atoms with Crippen LogP contribution in [0.2, 0.25) is 0 Å². The summed E-state index contributed by atoms with van der Waals surface area (Å²) < 4.78 is 5.36. The maximum absolute atomic E-state index is 13.2. The van der Waals surface area contributed by atoms with Gasteiger partial charge in [0.25, 0.3) is 0 Å². The van der Waals surface area contributed by atoms with E-state index in [-0.39, 0.29) is 18.6 Å². The predicted octanol–water partition coefficient (Wildman–Crippen LogP) is 3.10. The molecule has 176 valence electrons.